The van der Waals surface area contributed by atoms with Crippen molar-refractivity contribution in [2.75, 3.05) is 26.6 Å². The summed E-state index contributed by atoms with van der Waals surface area (Å²) >= 11 is 1.27. The second kappa shape index (κ2) is 13.3. The lowest BCUT2D eigenvalue weighted by atomic mass is 10.2. The molecular formula is C28H29N5O4S. The minimum atomic E-state index is -0.260. The van der Waals surface area contributed by atoms with Crippen molar-refractivity contribution >= 4 is 23.9 Å². The van der Waals surface area contributed by atoms with Crippen LogP contribution in [0.4, 0.5) is 0 Å². The summed E-state index contributed by atoms with van der Waals surface area (Å²) in [6, 6.07) is 22.8. The Morgan fingerprint density at radius 3 is 2.47 bits per heavy atom. The number of para-hydroxylation sites is 1. The summed E-state index contributed by atoms with van der Waals surface area (Å²) in [5, 5.41) is 13.4. The third-order valence-electron chi connectivity index (χ3n) is 5.38. The van der Waals surface area contributed by atoms with Crippen LogP contribution in [0.5, 0.6) is 17.2 Å². The van der Waals surface area contributed by atoms with Crippen molar-refractivity contribution in [2.24, 2.45) is 5.10 Å². The maximum absolute atomic E-state index is 12.5. The third kappa shape index (κ3) is 6.71. The van der Waals surface area contributed by atoms with Crippen molar-refractivity contribution in [2.45, 2.75) is 18.5 Å². The van der Waals surface area contributed by atoms with Gasteiger partial charge in [-0.25, -0.2) is 5.43 Å². The van der Waals surface area contributed by atoms with E-state index in [0.29, 0.717) is 29.1 Å². The Balaban J connectivity index is 1.46. The average molecular weight is 532 g/mol. The van der Waals surface area contributed by atoms with Crippen LogP contribution in [-0.4, -0.2) is 53.5 Å². The van der Waals surface area contributed by atoms with E-state index in [1.807, 2.05) is 77.4 Å². The van der Waals surface area contributed by atoms with Crippen LogP contribution in [0.1, 0.15) is 18.9 Å². The number of hydrogen-bond acceptors (Lipinski definition) is 8. The first kappa shape index (κ1) is 26.7. The van der Waals surface area contributed by atoms with Crippen LogP contribution in [0, 0.1) is 0 Å². The maximum Gasteiger partial charge on any atom is 0.250 e. The summed E-state index contributed by atoms with van der Waals surface area (Å²) in [4.78, 5) is 12.5. The Bertz CT molecular complexity index is 1370. The zero-order chi connectivity index (χ0) is 26.7. The zero-order valence-corrected chi connectivity index (χ0v) is 22.3. The number of thioether (sulfide) groups is 1. The Kier molecular flexibility index (Phi) is 9.36. The molecule has 1 heterocycles. The first-order valence-electron chi connectivity index (χ1n) is 12.0. The predicted molar refractivity (Wildman–Crippen MR) is 149 cm³/mol. The molecule has 10 heteroatoms. The molecule has 4 aromatic rings. The Morgan fingerprint density at radius 2 is 1.76 bits per heavy atom. The van der Waals surface area contributed by atoms with E-state index in [1.54, 1.807) is 20.4 Å². The highest BCUT2D eigenvalue weighted by atomic mass is 32.2. The lowest BCUT2D eigenvalue weighted by Crippen LogP contribution is -2.20. The fourth-order valence-corrected chi connectivity index (χ4v) is 4.29. The molecule has 3 aromatic carbocycles. The lowest BCUT2D eigenvalue weighted by molar-refractivity contribution is -0.118. The molecule has 0 saturated heterocycles. The second-order valence-corrected chi connectivity index (χ2v) is 8.99. The van der Waals surface area contributed by atoms with Crippen molar-refractivity contribution in [1.29, 1.82) is 0 Å². The monoisotopic (exact) mass is 531 g/mol. The van der Waals surface area contributed by atoms with Crippen molar-refractivity contribution in [3.63, 3.8) is 0 Å². The molecule has 0 spiro atoms. The van der Waals surface area contributed by atoms with E-state index in [0.717, 1.165) is 29.0 Å². The van der Waals surface area contributed by atoms with E-state index in [9.17, 15) is 4.79 Å². The number of nitrogens with one attached hydrogen (secondary N) is 1. The highest BCUT2D eigenvalue weighted by Gasteiger charge is 2.18. The average Bonchev–Trinajstić information content (AvgIpc) is 3.39. The molecule has 1 aromatic heterocycles. The molecule has 0 saturated carbocycles. The third-order valence-corrected chi connectivity index (χ3v) is 6.31. The number of hydrogen-bond donors (Lipinski definition) is 1. The molecule has 38 heavy (non-hydrogen) atoms. The van der Waals surface area contributed by atoms with Crippen LogP contribution >= 0.6 is 11.8 Å². The second-order valence-electron chi connectivity index (χ2n) is 8.05. The first-order chi connectivity index (χ1) is 18.6. The van der Waals surface area contributed by atoms with Gasteiger partial charge in [-0.05, 0) is 66.6 Å². The van der Waals surface area contributed by atoms with Crippen LogP contribution in [0.25, 0.3) is 17.1 Å². The Hall–Kier alpha value is -4.31. The largest absolute Gasteiger partial charge is 0.494 e. The number of hydrazone groups is 1. The molecule has 0 aliphatic rings. The minimum absolute atomic E-state index is 0.109. The van der Waals surface area contributed by atoms with Crippen LogP contribution in [-0.2, 0) is 4.79 Å². The van der Waals surface area contributed by atoms with Crippen molar-refractivity contribution in [3.8, 4) is 34.3 Å². The van der Waals surface area contributed by atoms with E-state index in [2.05, 4.69) is 27.6 Å². The molecule has 0 unspecified atom stereocenters. The highest BCUT2D eigenvalue weighted by Crippen LogP contribution is 2.34. The molecule has 1 amide bonds. The Morgan fingerprint density at radius 1 is 1.00 bits per heavy atom. The number of carbonyl (C=O) groups excluding carboxylic acids is 1. The molecule has 9 nitrogen and oxygen atoms in total. The lowest BCUT2D eigenvalue weighted by Gasteiger charge is -2.12. The number of methoxy groups -OCH3 is 2. The summed E-state index contributed by atoms with van der Waals surface area (Å²) in [5.41, 5.74) is 5.09. The van der Waals surface area contributed by atoms with Gasteiger partial charge < -0.3 is 14.2 Å². The summed E-state index contributed by atoms with van der Waals surface area (Å²) in [7, 11) is 3.18. The van der Waals surface area contributed by atoms with Gasteiger partial charge in [-0.3, -0.25) is 9.36 Å². The van der Waals surface area contributed by atoms with E-state index in [1.165, 1.54) is 11.8 Å². The van der Waals surface area contributed by atoms with E-state index < -0.39 is 0 Å². The van der Waals surface area contributed by atoms with Gasteiger partial charge in [0, 0.05) is 11.3 Å². The summed E-state index contributed by atoms with van der Waals surface area (Å²) < 4.78 is 18.3. The van der Waals surface area contributed by atoms with Crippen molar-refractivity contribution in [1.82, 2.24) is 20.2 Å². The van der Waals surface area contributed by atoms with Gasteiger partial charge >= 0.3 is 0 Å². The molecule has 0 atom stereocenters. The molecule has 1 N–H and O–H groups in total. The van der Waals surface area contributed by atoms with Gasteiger partial charge in [0.05, 0.1) is 32.8 Å². The smallest absolute Gasteiger partial charge is 0.250 e. The van der Waals surface area contributed by atoms with Crippen molar-refractivity contribution < 1.29 is 19.0 Å². The first-order valence-corrected chi connectivity index (χ1v) is 13.0. The SMILES string of the molecule is CCCOc1ccc(/C=N\NC(=O)CSc2nnc(-c3ccc(OC)c(OC)c3)n2-c2ccccc2)cc1. The van der Waals surface area contributed by atoms with Gasteiger partial charge in [0.1, 0.15) is 5.75 Å². The van der Waals surface area contributed by atoms with E-state index >= 15 is 0 Å². The van der Waals surface area contributed by atoms with Gasteiger partial charge in [-0.2, -0.15) is 5.10 Å². The minimum Gasteiger partial charge on any atom is -0.494 e. The Labute approximate surface area is 225 Å². The summed E-state index contributed by atoms with van der Waals surface area (Å²) in [6.45, 7) is 2.74. The van der Waals surface area contributed by atoms with Crippen molar-refractivity contribution in [3.05, 3.63) is 78.4 Å². The number of ether oxygens (including phenoxy) is 3. The quantitative estimate of drug-likeness (QED) is 0.156. The topological polar surface area (TPSA) is 99.9 Å². The normalized spacial score (nSPS) is 10.9. The number of carbonyl (C=O) groups is 1. The number of benzene rings is 3. The van der Waals surface area contributed by atoms with Crippen LogP contribution < -0.4 is 19.6 Å². The molecule has 0 aliphatic heterocycles. The molecule has 0 aliphatic carbocycles. The van der Waals surface area contributed by atoms with Crippen LogP contribution in [0.3, 0.4) is 0 Å². The molecule has 4 rings (SSSR count). The number of nitrogens with zero attached hydrogens (tertiary/aromatic N) is 4. The molecular weight excluding hydrogens is 502 g/mol. The predicted octanol–water partition coefficient (Wildman–Crippen LogP) is 4.98. The van der Waals surface area contributed by atoms with Gasteiger partial charge in [-0.1, -0.05) is 36.9 Å². The highest BCUT2D eigenvalue weighted by molar-refractivity contribution is 7.99. The van der Waals surface area contributed by atoms with Gasteiger partial charge in [0.25, 0.3) is 5.91 Å². The van der Waals surface area contributed by atoms with Gasteiger partial charge in [0.15, 0.2) is 22.5 Å². The van der Waals surface area contributed by atoms with E-state index in [-0.39, 0.29) is 11.7 Å². The number of rotatable bonds is 12. The molecule has 0 bridgehead atoms. The summed E-state index contributed by atoms with van der Waals surface area (Å²) in [5.74, 6) is 2.47. The maximum atomic E-state index is 12.5. The summed E-state index contributed by atoms with van der Waals surface area (Å²) in [6.07, 6.45) is 2.54. The van der Waals surface area contributed by atoms with E-state index in [4.69, 9.17) is 14.2 Å². The van der Waals surface area contributed by atoms with Crippen LogP contribution in [0.15, 0.2) is 83.1 Å². The molecule has 0 radical (unpaired) electrons. The number of amides is 1. The molecule has 196 valence electrons. The fraction of sp³-hybridized carbons (Fsp3) is 0.214. The molecule has 0 fully saturated rings. The van der Waals surface area contributed by atoms with Gasteiger partial charge in [-0.15, -0.1) is 10.2 Å². The van der Waals surface area contributed by atoms with Crippen LogP contribution in [0.2, 0.25) is 0 Å². The fourth-order valence-electron chi connectivity index (χ4n) is 3.55. The number of aromatic nitrogens is 3. The standard InChI is InChI=1S/C28H29N5O4S/c1-4-16-37-23-13-10-20(11-14-23)18-29-30-26(34)19-38-28-32-31-27(33(28)22-8-6-5-7-9-22)21-12-15-24(35-2)25(17-21)36-3/h5-15,17-18H,4,16,19H2,1-3H3,(H,30,34)/b29-18-. The van der Waals surface area contributed by atoms with Gasteiger partial charge in [0.2, 0.25) is 0 Å². The zero-order valence-electron chi connectivity index (χ0n) is 21.5.